The number of hydrogen-bond donors (Lipinski definition) is 2. The van der Waals surface area contributed by atoms with Crippen molar-refractivity contribution in [3.8, 4) is 0 Å². The number of aliphatic carboxylic acids is 1. The third-order valence-corrected chi connectivity index (χ3v) is 4.37. The number of aromatic nitrogens is 1. The summed E-state index contributed by atoms with van der Waals surface area (Å²) in [6.07, 6.45) is 1.14. The topological polar surface area (TPSA) is 82.6 Å². The number of ether oxygens (including phenoxy) is 1. The van der Waals surface area contributed by atoms with E-state index in [2.05, 4.69) is 20.9 Å². The lowest BCUT2D eigenvalue weighted by Crippen LogP contribution is -2.46. The van der Waals surface area contributed by atoms with Crippen molar-refractivity contribution >= 4 is 38.7 Å². The fourth-order valence-electron chi connectivity index (χ4n) is 2.70. The first-order valence-corrected chi connectivity index (χ1v) is 7.74. The smallest absolute Gasteiger partial charge is 0.306 e. The zero-order chi connectivity index (χ0) is 15.7. The number of fused-ring (bicyclic) bond motifs is 1. The molecule has 116 valence electrons. The lowest BCUT2D eigenvalue weighted by atomic mass is 10.1. The van der Waals surface area contributed by atoms with Crippen LogP contribution in [0.3, 0.4) is 0 Å². The molecule has 22 heavy (non-hydrogen) atoms. The van der Waals surface area contributed by atoms with Crippen LogP contribution in [0.1, 0.15) is 16.8 Å². The minimum absolute atomic E-state index is 0.0959. The highest BCUT2D eigenvalue weighted by Gasteiger charge is 2.28. The van der Waals surface area contributed by atoms with E-state index in [9.17, 15) is 9.59 Å². The van der Waals surface area contributed by atoms with Crippen LogP contribution in [0, 0.1) is 0 Å². The summed E-state index contributed by atoms with van der Waals surface area (Å²) in [6, 6.07) is 5.69. The maximum Gasteiger partial charge on any atom is 0.306 e. The number of H-pyrrole nitrogens is 1. The summed E-state index contributed by atoms with van der Waals surface area (Å²) in [7, 11) is 0. The van der Waals surface area contributed by atoms with Gasteiger partial charge in [-0.25, -0.2) is 0 Å². The van der Waals surface area contributed by atoms with E-state index >= 15 is 0 Å². The summed E-state index contributed by atoms with van der Waals surface area (Å²) >= 11 is 3.47. The number of morpholine rings is 1. The molecule has 1 aliphatic rings. The van der Waals surface area contributed by atoms with Crippen molar-refractivity contribution in [2.75, 3.05) is 19.7 Å². The highest BCUT2D eigenvalue weighted by Crippen LogP contribution is 2.28. The first-order chi connectivity index (χ1) is 10.6. The van der Waals surface area contributed by atoms with Gasteiger partial charge in [-0.1, -0.05) is 22.0 Å². The number of carboxylic acids is 1. The van der Waals surface area contributed by atoms with E-state index in [0.29, 0.717) is 25.3 Å². The summed E-state index contributed by atoms with van der Waals surface area (Å²) in [5.74, 6) is -1.04. The average molecular weight is 367 g/mol. The molecule has 0 radical (unpaired) electrons. The molecule has 0 saturated carbocycles. The van der Waals surface area contributed by atoms with Crippen LogP contribution in [0.4, 0.5) is 0 Å². The molecule has 1 aliphatic heterocycles. The first-order valence-electron chi connectivity index (χ1n) is 6.94. The second-order valence-electron chi connectivity index (χ2n) is 5.21. The highest BCUT2D eigenvalue weighted by molar-refractivity contribution is 9.10. The molecule has 3 rings (SSSR count). The molecule has 1 saturated heterocycles. The van der Waals surface area contributed by atoms with Gasteiger partial charge in [0, 0.05) is 34.7 Å². The van der Waals surface area contributed by atoms with Gasteiger partial charge < -0.3 is 19.7 Å². The Morgan fingerprint density at radius 2 is 2.27 bits per heavy atom. The predicted molar refractivity (Wildman–Crippen MR) is 83.9 cm³/mol. The van der Waals surface area contributed by atoms with Gasteiger partial charge in [-0.2, -0.15) is 0 Å². The number of nitrogens with zero attached hydrogens (tertiary/aromatic N) is 1. The number of aromatic amines is 1. The molecule has 2 heterocycles. The average Bonchev–Trinajstić information content (AvgIpc) is 2.91. The summed E-state index contributed by atoms with van der Waals surface area (Å²) in [4.78, 5) is 28.3. The molecular weight excluding hydrogens is 352 g/mol. The van der Waals surface area contributed by atoms with Crippen molar-refractivity contribution in [2.24, 2.45) is 0 Å². The van der Waals surface area contributed by atoms with Crippen LogP contribution in [0.15, 0.2) is 28.9 Å². The van der Waals surface area contributed by atoms with E-state index in [1.165, 1.54) is 0 Å². The first kappa shape index (κ1) is 15.1. The molecule has 2 aromatic rings. The number of amides is 1. The molecule has 1 aromatic heterocycles. The lowest BCUT2D eigenvalue weighted by molar-refractivity contribution is -0.141. The van der Waals surface area contributed by atoms with E-state index in [0.717, 1.165) is 15.4 Å². The maximum atomic E-state index is 12.7. The van der Waals surface area contributed by atoms with E-state index < -0.39 is 12.1 Å². The molecule has 7 heteroatoms. The van der Waals surface area contributed by atoms with Crippen LogP contribution in [0.5, 0.6) is 0 Å². The third-order valence-electron chi connectivity index (χ3n) is 3.71. The molecule has 6 nitrogen and oxygen atoms in total. The van der Waals surface area contributed by atoms with Crippen molar-refractivity contribution in [3.63, 3.8) is 0 Å². The number of hydrogen-bond acceptors (Lipinski definition) is 3. The molecule has 0 unspecified atom stereocenters. The van der Waals surface area contributed by atoms with E-state index in [1.54, 1.807) is 11.1 Å². The van der Waals surface area contributed by atoms with Crippen LogP contribution in [0.2, 0.25) is 0 Å². The third kappa shape index (κ3) is 2.86. The molecule has 0 aliphatic carbocycles. The van der Waals surface area contributed by atoms with Gasteiger partial charge in [-0.3, -0.25) is 9.59 Å². The van der Waals surface area contributed by atoms with Crippen LogP contribution >= 0.6 is 15.9 Å². The summed E-state index contributed by atoms with van der Waals surface area (Å²) in [5, 5.41) is 9.70. The summed E-state index contributed by atoms with van der Waals surface area (Å²) < 4.78 is 6.26. The second kappa shape index (κ2) is 6.10. The standard InChI is InChI=1S/C15H15BrN2O4/c16-11-2-1-3-12-14(11)10(7-17-12)15(21)18-4-5-22-9(8-18)6-13(19)20/h1-3,7,9,17H,4-6,8H2,(H,19,20)/t9-/m1/s1. The SMILES string of the molecule is O=C(O)C[C@@H]1CN(C(=O)c2c[nH]c3cccc(Br)c23)CCO1. The lowest BCUT2D eigenvalue weighted by Gasteiger charge is -2.32. The van der Waals surface area contributed by atoms with Crippen molar-refractivity contribution in [1.29, 1.82) is 0 Å². The maximum absolute atomic E-state index is 12.7. The number of rotatable bonds is 3. The second-order valence-corrected chi connectivity index (χ2v) is 6.06. The van der Waals surface area contributed by atoms with Crippen molar-refractivity contribution in [2.45, 2.75) is 12.5 Å². The zero-order valence-corrected chi connectivity index (χ0v) is 13.3. The molecule has 1 amide bonds. The zero-order valence-electron chi connectivity index (χ0n) is 11.7. The largest absolute Gasteiger partial charge is 0.481 e. The van der Waals surface area contributed by atoms with Gasteiger partial charge in [-0.15, -0.1) is 0 Å². The van der Waals surface area contributed by atoms with Gasteiger partial charge in [0.1, 0.15) is 0 Å². The minimum Gasteiger partial charge on any atom is -0.481 e. The van der Waals surface area contributed by atoms with E-state index in [4.69, 9.17) is 9.84 Å². The highest BCUT2D eigenvalue weighted by atomic mass is 79.9. The molecule has 1 aromatic carbocycles. The minimum atomic E-state index is -0.922. The van der Waals surface area contributed by atoms with E-state index in [-0.39, 0.29) is 12.3 Å². The van der Waals surface area contributed by atoms with Crippen LogP contribution in [-0.4, -0.2) is 52.7 Å². The number of halogens is 1. The van der Waals surface area contributed by atoms with Crippen molar-refractivity contribution in [3.05, 3.63) is 34.4 Å². The van der Waals surface area contributed by atoms with E-state index in [1.807, 2.05) is 18.2 Å². The fourth-order valence-corrected chi connectivity index (χ4v) is 3.28. The number of carboxylic acid groups (broad SMARTS) is 1. The monoisotopic (exact) mass is 366 g/mol. The number of carbonyl (C=O) groups is 2. The Morgan fingerprint density at radius 1 is 1.45 bits per heavy atom. The van der Waals surface area contributed by atoms with Crippen molar-refractivity contribution < 1.29 is 19.4 Å². The molecular formula is C15H15BrN2O4. The van der Waals surface area contributed by atoms with Crippen LogP contribution in [-0.2, 0) is 9.53 Å². The Kier molecular flexibility index (Phi) is 4.17. The van der Waals surface area contributed by atoms with Gasteiger partial charge in [0.15, 0.2) is 0 Å². The van der Waals surface area contributed by atoms with Crippen molar-refractivity contribution in [1.82, 2.24) is 9.88 Å². The van der Waals surface area contributed by atoms with Gasteiger partial charge in [0.2, 0.25) is 0 Å². The van der Waals surface area contributed by atoms with Gasteiger partial charge in [0.05, 0.1) is 24.7 Å². The Bertz CT molecular complexity index is 727. The predicted octanol–water partition coefficient (Wildman–Crippen LogP) is 2.25. The Labute approximate surface area is 135 Å². The Morgan fingerprint density at radius 3 is 3.05 bits per heavy atom. The fraction of sp³-hybridized carbons (Fsp3) is 0.333. The Balaban J connectivity index is 1.85. The number of benzene rings is 1. The normalized spacial score (nSPS) is 18.6. The number of nitrogens with one attached hydrogen (secondary N) is 1. The molecule has 1 fully saturated rings. The van der Waals surface area contributed by atoms with Gasteiger partial charge >= 0.3 is 5.97 Å². The molecule has 1 atom stereocenters. The molecule has 2 N–H and O–H groups in total. The van der Waals surface area contributed by atoms with Crippen LogP contribution in [0.25, 0.3) is 10.9 Å². The Hall–Kier alpha value is -1.86. The molecule has 0 spiro atoms. The summed E-state index contributed by atoms with van der Waals surface area (Å²) in [5.41, 5.74) is 1.46. The number of carbonyl (C=O) groups excluding carboxylic acids is 1. The molecule has 0 bridgehead atoms. The quantitative estimate of drug-likeness (QED) is 0.872. The summed E-state index contributed by atoms with van der Waals surface area (Å²) in [6.45, 7) is 1.11. The van der Waals surface area contributed by atoms with Gasteiger partial charge in [0.25, 0.3) is 5.91 Å². The van der Waals surface area contributed by atoms with Crippen LogP contribution < -0.4 is 0 Å². The van der Waals surface area contributed by atoms with Gasteiger partial charge in [-0.05, 0) is 12.1 Å².